The highest BCUT2D eigenvalue weighted by Gasteiger charge is 2.13. The van der Waals surface area contributed by atoms with E-state index in [-0.39, 0.29) is 11.6 Å². The van der Waals surface area contributed by atoms with Gasteiger partial charge in [0.1, 0.15) is 24.0 Å². The number of hydrogen-bond acceptors (Lipinski definition) is 4. The standard InChI is InChI=1S/C22H19N3O.C18H15ClN2O.C4H5N/c1-16-8-9-17(2)20(12-16)18-6-5-7-19(13-18)25-14-21(23-15-25)22(26)24-10-3-4-11-24;1-12-6-7-13(2)16(8-12)14-4-3-5-15(9-14)21-10-17(18(19)22)20-11-21;1-2-4-5-3-1/h3-15H,1-2H3;3-11H,1-2H3;1-5H. The molecule has 4 aromatic heterocycles. The molecule has 9 heteroatoms. The largest absolute Gasteiger partial charge is 0.368 e. The van der Waals surface area contributed by atoms with Crippen LogP contribution in [0.3, 0.4) is 0 Å². The molecule has 0 aliphatic carbocycles. The number of aromatic amines is 1. The molecule has 8 rings (SSSR count). The number of nitrogens with zero attached hydrogens (tertiary/aromatic N) is 5. The molecular formula is C44H39ClN6O2. The lowest BCUT2D eigenvalue weighted by Crippen LogP contribution is -2.09. The maximum atomic E-state index is 12.4. The molecule has 8 aromatic rings. The van der Waals surface area contributed by atoms with Gasteiger partial charge < -0.3 is 14.1 Å². The second kappa shape index (κ2) is 16.7. The molecule has 0 spiro atoms. The Kier molecular flexibility index (Phi) is 11.4. The normalized spacial score (nSPS) is 10.5. The van der Waals surface area contributed by atoms with Gasteiger partial charge in [-0.25, -0.2) is 9.97 Å². The van der Waals surface area contributed by atoms with E-state index >= 15 is 0 Å². The lowest BCUT2D eigenvalue weighted by Gasteiger charge is -2.10. The van der Waals surface area contributed by atoms with Crippen molar-refractivity contribution in [2.24, 2.45) is 0 Å². The Hall–Kier alpha value is -6.51. The molecule has 0 aliphatic rings. The number of rotatable bonds is 6. The molecule has 0 amide bonds. The van der Waals surface area contributed by atoms with Crippen LogP contribution in [0.1, 0.15) is 43.2 Å². The van der Waals surface area contributed by atoms with Crippen LogP contribution in [0, 0.1) is 27.7 Å². The number of carbonyl (C=O) groups excluding carboxylic acids is 2. The molecule has 8 nitrogen and oxygen atoms in total. The van der Waals surface area contributed by atoms with Crippen LogP contribution in [0.15, 0.2) is 159 Å². The zero-order valence-electron chi connectivity index (χ0n) is 29.9. The Morgan fingerprint density at radius 2 is 1.08 bits per heavy atom. The minimum Gasteiger partial charge on any atom is -0.368 e. The Morgan fingerprint density at radius 3 is 1.53 bits per heavy atom. The first-order chi connectivity index (χ1) is 25.7. The van der Waals surface area contributed by atoms with Gasteiger partial charge in [0, 0.05) is 48.6 Å². The van der Waals surface area contributed by atoms with Gasteiger partial charge in [-0.15, -0.1) is 0 Å². The van der Waals surface area contributed by atoms with E-state index in [4.69, 9.17) is 11.6 Å². The minimum atomic E-state index is -0.551. The predicted molar refractivity (Wildman–Crippen MR) is 212 cm³/mol. The van der Waals surface area contributed by atoms with Crippen molar-refractivity contribution in [3.63, 3.8) is 0 Å². The van der Waals surface area contributed by atoms with E-state index in [1.807, 2.05) is 65.5 Å². The summed E-state index contributed by atoms with van der Waals surface area (Å²) >= 11 is 5.45. The Balaban J connectivity index is 0.000000162. The molecule has 0 bridgehead atoms. The summed E-state index contributed by atoms with van der Waals surface area (Å²) in [6.45, 7) is 8.40. The second-order valence-electron chi connectivity index (χ2n) is 12.6. The Labute approximate surface area is 314 Å². The predicted octanol–water partition coefficient (Wildman–Crippen LogP) is 10.2. The van der Waals surface area contributed by atoms with E-state index in [9.17, 15) is 9.59 Å². The van der Waals surface area contributed by atoms with Crippen molar-refractivity contribution < 1.29 is 9.59 Å². The molecule has 0 aliphatic heterocycles. The fourth-order valence-electron chi connectivity index (χ4n) is 5.78. The summed E-state index contributed by atoms with van der Waals surface area (Å²) in [5.74, 6) is -0.139. The maximum Gasteiger partial charge on any atom is 0.282 e. The Bertz CT molecular complexity index is 2440. The maximum absolute atomic E-state index is 12.4. The molecule has 0 fully saturated rings. The Morgan fingerprint density at radius 1 is 0.585 bits per heavy atom. The van der Waals surface area contributed by atoms with Gasteiger partial charge in [-0.05, 0) is 121 Å². The molecule has 0 unspecified atom stereocenters. The van der Waals surface area contributed by atoms with Crippen LogP contribution < -0.4 is 0 Å². The van der Waals surface area contributed by atoms with Crippen LogP contribution in [0.25, 0.3) is 33.6 Å². The van der Waals surface area contributed by atoms with Crippen molar-refractivity contribution in [1.29, 1.82) is 0 Å². The highest BCUT2D eigenvalue weighted by Crippen LogP contribution is 2.28. The second-order valence-corrected chi connectivity index (χ2v) is 13.0. The number of aromatic nitrogens is 6. The number of carbonyl (C=O) groups is 2. The summed E-state index contributed by atoms with van der Waals surface area (Å²) < 4.78 is 5.20. The number of imidazole rings is 2. The molecule has 0 radical (unpaired) electrons. The first-order valence-corrected chi connectivity index (χ1v) is 17.4. The highest BCUT2D eigenvalue weighted by atomic mass is 35.5. The quantitative estimate of drug-likeness (QED) is 0.173. The van der Waals surface area contributed by atoms with E-state index in [1.165, 1.54) is 37.9 Å². The summed E-state index contributed by atoms with van der Waals surface area (Å²) in [5.41, 5.74) is 12.2. The van der Waals surface area contributed by atoms with Crippen molar-refractivity contribution in [3.05, 3.63) is 193 Å². The number of benzene rings is 4. The average Bonchev–Trinajstić information content (AvgIpc) is 4.02. The third kappa shape index (κ3) is 9.05. The molecule has 1 N–H and O–H groups in total. The average molecular weight is 719 g/mol. The van der Waals surface area contributed by atoms with Crippen molar-refractivity contribution in [2.45, 2.75) is 27.7 Å². The van der Waals surface area contributed by atoms with Crippen LogP contribution in [-0.4, -0.2) is 39.8 Å². The molecule has 53 heavy (non-hydrogen) atoms. The number of hydrogen-bond donors (Lipinski definition) is 1. The first kappa shape index (κ1) is 36.3. The van der Waals surface area contributed by atoms with Crippen molar-refractivity contribution in [2.75, 3.05) is 0 Å². The van der Waals surface area contributed by atoms with Crippen LogP contribution in [0.5, 0.6) is 0 Å². The molecule has 4 heterocycles. The van der Waals surface area contributed by atoms with Gasteiger partial charge >= 0.3 is 0 Å². The van der Waals surface area contributed by atoms with E-state index in [2.05, 4.69) is 103 Å². The first-order valence-electron chi connectivity index (χ1n) is 17.1. The van der Waals surface area contributed by atoms with E-state index < -0.39 is 5.24 Å². The highest BCUT2D eigenvalue weighted by molar-refractivity contribution is 6.67. The lowest BCUT2D eigenvalue weighted by atomic mass is 9.98. The topological polar surface area (TPSA) is 90.5 Å². The number of halogens is 1. The zero-order chi connectivity index (χ0) is 37.3. The number of aryl methyl sites for hydroxylation is 4. The summed E-state index contributed by atoms with van der Waals surface area (Å²) in [6, 6.07) is 36.8. The SMILES string of the molecule is Cc1ccc(C)c(-c2cccc(-n3cnc(C(=O)Cl)c3)c2)c1.Cc1ccc(C)c(-c2cccc(-n3cnc(C(=O)n4cccc4)c3)c2)c1.c1cc[nH]c1. The molecule has 0 saturated carbocycles. The monoisotopic (exact) mass is 718 g/mol. The molecule has 4 aromatic carbocycles. The summed E-state index contributed by atoms with van der Waals surface area (Å²) in [5, 5.41) is -0.551. The van der Waals surface area contributed by atoms with Crippen molar-refractivity contribution in [3.8, 4) is 33.6 Å². The summed E-state index contributed by atoms with van der Waals surface area (Å²) in [7, 11) is 0. The molecule has 264 valence electrons. The lowest BCUT2D eigenvalue weighted by molar-refractivity contribution is 0.0955. The fourth-order valence-corrected chi connectivity index (χ4v) is 5.88. The smallest absolute Gasteiger partial charge is 0.282 e. The van der Waals surface area contributed by atoms with Crippen LogP contribution in [-0.2, 0) is 0 Å². The van der Waals surface area contributed by atoms with E-state index in [0.29, 0.717) is 5.69 Å². The molecule has 0 saturated heterocycles. The number of nitrogens with one attached hydrogen (secondary N) is 1. The van der Waals surface area contributed by atoms with E-state index in [1.54, 1.807) is 42.0 Å². The molecular weight excluding hydrogens is 680 g/mol. The summed E-state index contributed by atoms with van der Waals surface area (Å²) in [6.07, 6.45) is 13.9. The van der Waals surface area contributed by atoms with Gasteiger partial charge in [0.2, 0.25) is 0 Å². The van der Waals surface area contributed by atoms with Gasteiger partial charge in [0.05, 0.1) is 0 Å². The van der Waals surface area contributed by atoms with Gasteiger partial charge in [-0.1, -0.05) is 71.8 Å². The van der Waals surface area contributed by atoms with Gasteiger partial charge in [-0.2, -0.15) is 0 Å². The van der Waals surface area contributed by atoms with Crippen LogP contribution in [0.4, 0.5) is 0 Å². The van der Waals surface area contributed by atoms with Crippen molar-refractivity contribution >= 4 is 22.8 Å². The third-order valence-electron chi connectivity index (χ3n) is 8.62. The summed E-state index contributed by atoms with van der Waals surface area (Å²) in [4.78, 5) is 34.7. The van der Waals surface area contributed by atoms with Gasteiger partial charge in [0.15, 0.2) is 0 Å². The van der Waals surface area contributed by atoms with Crippen LogP contribution >= 0.6 is 11.6 Å². The third-order valence-corrected chi connectivity index (χ3v) is 8.81. The van der Waals surface area contributed by atoms with Crippen molar-refractivity contribution in [1.82, 2.24) is 28.7 Å². The fraction of sp³-hybridized carbons (Fsp3) is 0.0909. The van der Waals surface area contributed by atoms with Gasteiger partial charge in [0.25, 0.3) is 11.1 Å². The molecule has 0 atom stereocenters. The minimum absolute atomic E-state index is 0.139. The van der Waals surface area contributed by atoms with Crippen LogP contribution in [0.2, 0.25) is 0 Å². The van der Waals surface area contributed by atoms with E-state index in [0.717, 1.165) is 22.5 Å². The number of H-pyrrole nitrogens is 1. The zero-order valence-corrected chi connectivity index (χ0v) is 30.7. The van der Waals surface area contributed by atoms with Gasteiger partial charge in [-0.3, -0.25) is 14.2 Å².